The van der Waals surface area contributed by atoms with Crippen molar-refractivity contribution in [1.29, 1.82) is 0 Å². The van der Waals surface area contributed by atoms with E-state index in [4.69, 9.17) is 11.5 Å². The third-order valence-electron chi connectivity index (χ3n) is 3.72. The molecule has 4 N–H and O–H groups in total. The van der Waals surface area contributed by atoms with Gasteiger partial charge >= 0.3 is 0 Å². The fourth-order valence-electron chi connectivity index (χ4n) is 2.55. The zero-order valence-electron chi connectivity index (χ0n) is 12.4. The van der Waals surface area contributed by atoms with Crippen molar-refractivity contribution < 1.29 is 0 Å². The molecule has 0 aliphatic carbocycles. The molecule has 0 bridgehead atoms. The number of hydrogen-bond donors (Lipinski definition) is 2. The average molecular weight is 289 g/mol. The van der Waals surface area contributed by atoms with Gasteiger partial charge in [0.15, 0.2) is 0 Å². The van der Waals surface area contributed by atoms with Crippen molar-refractivity contribution in [1.82, 2.24) is 4.98 Å². The predicted octanol–water partition coefficient (Wildman–Crippen LogP) is 3.43. The van der Waals surface area contributed by atoms with Crippen LogP contribution in [0.2, 0.25) is 0 Å². The highest BCUT2D eigenvalue weighted by molar-refractivity contribution is 5.54. The van der Waals surface area contributed by atoms with Gasteiger partial charge in [-0.1, -0.05) is 60.7 Å². The van der Waals surface area contributed by atoms with Gasteiger partial charge in [-0.15, -0.1) is 0 Å². The second kappa shape index (κ2) is 6.31. The third-order valence-corrected chi connectivity index (χ3v) is 3.72. The van der Waals surface area contributed by atoms with Gasteiger partial charge in [-0.3, -0.25) is 0 Å². The molecule has 1 aromatic heterocycles. The van der Waals surface area contributed by atoms with Gasteiger partial charge in [0.25, 0.3) is 0 Å². The SMILES string of the molecule is Nc1nc(N)c(Cc2ccccc2)cc1Cc1ccccc1. The normalized spacial score (nSPS) is 10.5. The van der Waals surface area contributed by atoms with E-state index in [1.807, 2.05) is 36.4 Å². The van der Waals surface area contributed by atoms with Crippen LogP contribution in [0.15, 0.2) is 66.7 Å². The van der Waals surface area contributed by atoms with Crippen LogP contribution in [0.1, 0.15) is 22.3 Å². The van der Waals surface area contributed by atoms with Crippen LogP contribution in [-0.4, -0.2) is 4.98 Å². The van der Waals surface area contributed by atoms with Crippen LogP contribution >= 0.6 is 0 Å². The van der Waals surface area contributed by atoms with E-state index in [1.54, 1.807) is 0 Å². The molecule has 0 atom stereocenters. The molecule has 2 aromatic carbocycles. The van der Waals surface area contributed by atoms with Gasteiger partial charge in [-0.25, -0.2) is 4.98 Å². The minimum atomic E-state index is 0.512. The van der Waals surface area contributed by atoms with Gasteiger partial charge in [0, 0.05) is 12.8 Å². The van der Waals surface area contributed by atoms with Gasteiger partial charge in [0.1, 0.15) is 11.6 Å². The minimum Gasteiger partial charge on any atom is -0.383 e. The molecule has 3 nitrogen and oxygen atoms in total. The maximum absolute atomic E-state index is 6.04. The lowest BCUT2D eigenvalue weighted by molar-refractivity contribution is 1.10. The summed E-state index contributed by atoms with van der Waals surface area (Å²) < 4.78 is 0. The number of rotatable bonds is 4. The monoisotopic (exact) mass is 289 g/mol. The zero-order valence-corrected chi connectivity index (χ0v) is 12.4. The van der Waals surface area contributed by atoms with Crippen molar-refractivity contribution in [2.24, 2.45) is 0 Å². The minimum absolute atomic E-state index is 0.512. The molecule has 0 saturated heterocycles. The Morgan fingerprint density at radius 2 is 1.05 bits per heavy atom. The zero-order chi connectivity index (χ0) is 15.4. The van der Waals surface area contributed by atoms with Crippen molar-refractivity contribution in [2.75, 3.05) is 11.5 Å². The first-order valence-electron chi connectivity index (χ1n) is 7.34. The Bertz CT molecular complexity index is 690. The van der Waals surface area contributed by atoms with Crippen molar-refractivity contribution in [3.05, 3.63) is 89.0 Å². The first-order valence-corrected chi connectivity index (χ1v) is 7.34. The lowest BCUT2D eigenvalue weighted by Crippen LogP contribution is -2.06. The van der Waals surface area contributed by atoms with Crippen molar-refractivity contribution in [3.8, 4) is 0 Å². The number of nitrogens with two attached hydrogens (primary N) is 2. The van der Waals surface area contributed by atoms with Crippen LogP contribution < -0.4 is 11.5 Å². The molecule has 22 heavy (non-hydrogen) atoms. The molecule has 0 unspecified atom stereocenters. The molecule has 3 aromatic rings. The summed E-state index contributed by atoms with van der Waals surface area (Å²) in [6.07, 6.45) is 1.53. The first kappa shape index (κ1) is 14.1. The first-order chi connectivity index (χ1) is 10.7. The number of hydrogen-bond acceptors (Lipinski definition) is 3. The molecule has 0 saturated carbocycles. The van der Waals surface area contributed by atoms with Gasteiger partial charge in [0.05, 0.1) is 0 Å². The second-order valence-corrected chi connectivity index (χ2v) is 5.40. The molecular formula is C19H19N3. The lowest BCUT2D eigenvalue weighted by Gasteiger charge is -2.11. The highest BCUT2D eigenvalue weighted by atomic mass is 14.9. The van der Waals surface area contributed by atoms with Crippen LogP contribution in [0.4, 0.5) is 11.6 Å². The van der Waals surface area contributed by atoms with Gasteiger partial charge in [-0.05, 0) is 28.3 Å². The fourth-order valence-corrected chi connectivity index (χ4v) is 2.55. The second-order valence-electron chi connectivity index (χ2n) is 5.40. The Labute approximate surface area is 130 Å². The quantitative estimate of drug-likeness (QED) is 0.773. The number of anilines is 2. The van der Waals surface area contributed by atoms with Crippen LogP contribution in [0.25, 0.3) is 0 Å². The molecule has 1 heterocycles. The Kier molecular flexibility index (Phi) is 4.05. The van der Waals surface area contributed by atoms with Crippen LogP contribution in [0.5, 0.6) is 0 Å². The van der Waals surface area contributed by atoms with E-state index < -0.39 is 0 Å². The number of pyridine rings is 1. The molecule has 0 radical (unpaired) electrons. The molecule has 0 aliphatic heterocycles. The summed E-state index contributed by atoms with van der Waals surface area (Å²) in [5.74, 6) is 1.02. The summed E-state index contributed by atoms with van der Waals surface area (Å²) in [7, 11) is 0. The van der Waals surface area contributed by atoms with Gasteiger partial charge in [0.2, 0.25) is 0 Å². The summed E-state index contributed by atoms with van der Waals surface area (Å²) in [5, 5.41) is 0. The van der Waals surface area contributed by atoms with E-state index in [2.05, 4.69) is 35.3 Å². The van der Waals surface area contributed by atoms with Crippen LogP contribution in [0, 0.1) is 0 Å². The van der Waals surface area contributed by atoms with E-state index in [0.29, 0.717) is 11.6 Å². The third kappa shape index (κ3) is 3.26. The van der Waals surface area contributed by atoms with Gasteiger partial charge in [-0.2, -0.15) is 0 Å². The summed E-state index contributed by atoms with van der Waals surface area (Å²) in [5.41, 5.74) is 16.5. The summed E-state index contributed by atoms with van der Waals surface area (Å²) in [6.45, 7) is 0. The van der Waals surface area contributed by atoms with Crippen LogP contribution in [0.3, 0.4) is 0 Å². The maximum Gasteiger partial charge on any atom is 0.129 e. The molecule has 3 rings (SSSR count). The Balaban J connectivity index is 1.90. The average Bonchev–Trinajstić information content (AvgIpc) is 2.54. The van der Waals surface area contributed by atoms with E-state index in [-0.39, 0.29) is 0 Å². The standard InChI is InChI=1S/C19H19N3/c20-18-16(11-14-7-3-1-4-8-14)13-17(19(21)22-18)12-15-9-5-2-6-10-15/h1-10,13H,11-12H2,(H4,20,21,22). The van der Waals surface area contributed by atoms with E-state index in [9.17, 15) is 0 Å². The predicted molar refractivity (Wildman–Crippen MR) is 91.6 cm³/mol. The summed E-state index contributed by atoms with van der Waals surface area (Å²) in [6, 6.07) is 22.6. The van der Waals surface area contributed by atoms with E-state index in [0.717, 1.165) is 24.0 Å². The molecule has 0 aliphatic rings. The Hall–Kier alpha value is -2.81. The van der Waals surface area contributed by atoms with Crippen molar-refractivity contribution >= 4 is 11.6 Å². The number of benzene rings is 2. The Morgan fingerprint density at radius 1 is 0.636 bits per heavy atom. The molecule has 0 spiro atoms. The van der Waals surface area contributed by atoms with E-state index in [1.165, 1.54) is 11.1 Å². The molecule has 0 amide bonds. The number of nitrogen functional groups attached to an aromatic ring is 2. The van der Waals surface area contributed by atoms with E-state index >= 15 is 0 Å². The van der Waals surface area contributed by atoms with Crippen molar-refractivity contribution in [2.45, 2.75) is 12.8 Å². The summed E-state index contributed by atoms with van der Waals surface area (Å²) >= 11 is 0. The Morgan fingerprint density at radius 3 is 1.45 bits per heavy atom. The molecular weight excluding hydrogens is 270 g/mol. The van der Waals surface area contributed by atoms with Gasteiger partial charge < -0.3 is 11.5 Å². The number of aromatic nitrogens is 1. The largest absolute Gasteiger partial charge is 0.383 e. The lowest BCUT2D eigenvalue weighted by atomic mass is 10.00. The highest BCUT2D eigenvalue weighted by Gasteiger charge is 2.09. The van der Waals surface area contributed by atoms with Crippen molar-refractivity contribution in [3.63, 3.8) is 0 Å². The summed E-state index contributed by atoms with van der Waals surface area (Å²) in [4.78, 5) is 4.32. The maximum atomic E-state index is 6.04. The molecule has 110 valence electrons. The highest BCUT2D eigenvalue weighted by Crippen LogP contribution is 2.22. The number of nitrogens with zero attached hydrogens (tertiary/aromatic N) is 1. The van der Waals surface area contributed by atoms with Crippen LogP contribution in [-0.2, 0) is 12.8 Å². The molecule has 3 heteroatoms. The smallest absolute Gasteiger partial charge is 0.129 e. The molecule has 0 fully saturated rings. The fraction of sp³-hybridized carbons (Fsp3) is 0.105. The topological polar surface area (TPSA) is 64.9 Å².